The van der Waals surface area contributed by atoms with Crippen LogP contribution >= 0.6 is 0 Å². The van der Waals surface area contributed by atoms with Gasteiger partial charge in [-0.1, -0.05) is 13.8 Å². The quantitative estimate of drug-likeness (QED) is 0.566. The van der Waals surface area contributed by atoms with Crippen molar-refractivity contribution in [1.29, 1.82) is 0 Å². The molecule has 0 aliphatic rings. The zero-order valence-corrected chi connectivity index (χ0v) is 12.3. The first kappa shape index (κ1) is 17.9. The largest absolute Gasteiger partial charge is 0.396 e. The van der Waals surface area contributed by atoms with Gasteiger partial charge >= 0.3 is 0 Å². The normalized spacial score (nSPS) is 12.6. The lowest BCUT2D eigenvalue weighted by Crippen LogP contribution is -2.49. The van der Waals surface area contributed by atoms with Crippen LogP contribution in [-0.4, -0.2) is 53.6 Å². The number of nitrogens with zero attached hydrogens (tertiary/aromatic N) is 1. The summed E-state index contributed by atoms with van der Waals surface area (Å²) in [4.78, 5) is 25.3. The molecule has 4 N–H and O–H groups in total. The Bertz CT molecular complexity index is 293. The fourth-order valence-corrected chi connectivity index (χ4v) is 1.60. The summed E-state index contributed by atoms with van der Waals surface area (Å²) in [6.07, 6.45) is 0.531. The SMILES string of the molecule is CC(C)[C@H](N)C(=O)NCC(=O)N(CCCO)C(C)C. The molecule has 112 valence electrons. The van der Waals surface area contributed by atoms with Gasteiger partial charge in [-0.15, -0.1) is 0 Å². The molecule has 0 spiro atoms. The van der Waals surface area contributed by atoms with Crippen LogP contribution in [0.2, 0.25) is 0 Å². The van der Waals surface area contributed by atoms with E-state index in [4.69, 9.17) is 10.8 Å². The summed E-state index contributed by atoms with van der Waals surface area (Å²) in [7, 11) is 0. The summed E-state index contributed by atoms with van der Waals surface area (Å²) in [5.41, 5.74) is 5.69. The molecule has 6 heteroatoms. The van der Waals surface area contributed by atoms with Gasteiger partial charge in [-0.05, 0) is 26.2 Å². The highest BCUT2D eigenvalue weighted by Gasteiger charge is 2.20. The maximum Gasteiger partial charge on any atom is 0.242 e. The van der Waals surface area contributed by atoms with Crippen LogP contribution in [0.15, 0.2) is 0 Å². The van der Waals surface area contributed by atoms with Gasteiger partial charge in [0.2, 0.25) is 11.8 Å². The molecule has 0 unspecified atom stereocenters. The first-order valence-corrected chi connectivity index (χ1v) is 6.74. The van der Waals surface area contributed by atoms with E-state index >= 15 is 0 Å². The van der Waals surface area contributed by atoms with Crippen molar-refractivity contribution in [2.45, 2.75) is 46.2 Å². The Morgan fingerprint density at radius 2 is 1.84 bits per heavy atom. The maximum absolute atomic E-state index is 12.0. The molecule has 0 aliphatic heterocycles. The fraction of sp³-hybridized carbons (Fsp3) is 0.846. The van der Waals surface area contributed by atoms with Crippen LogP contribution in [0.3, 0.4) is 0 Å². The van der Waals surface area contributed by atoms with E-state index in [1.807, 2.05) is 27.7 Å². The van der Waals surface area contributed by atoms with Gasteiger partial charge < -0.3 is 21.1 Å². The van der Waals surface area contributed by atoms with Crippen molar-refractivity contribution in [3.8, 4) is 0 Å². The number of hydrogen-bond acceptors (Lipinski definition) is 4. The van der Waals surface area contributed by atoms with E-state index in [0.717, 1.165) is 0 Å². The Morgan fingerprint density at radius 3 is 2.26 bits per heavy atom. The minimum Gasteiger partial charge on any atom is -0.396 e. The average molecular weight is 273 g/mol. The molecular formula is C13H27N3O3. The number of hydrogen-bond donors (Lipinski definition) is 3. The van der Waals surface area contributed by atoms with E-state index in [0.29, 0.717) is 13.0 Å². The fourth-order valence-electron chi connectivity index (χ4n) is 1.60. The molecule has 0 fully saturated rings. The van der Waals surface area contributed by atoms with Gasteiger partial charge in [0.15, 0.2) is 0 Å². The summed E-state index contributed by atoms with van der Waals surface area (Å²) in [5, 5.41) is 11.4. The topological polar surface area (TPSA) is 95.7 Å². The van der Waals surface area contributed by atoms with Crippen molar-refractivity contribution in [2.75, 3.05) is 19.7 Å². The van der Waals surface area contributed by atoms with Crippen molar-refractivity contribution in [3.63, 3.8) is 0 Å². The van der Waals surface area contributed by atoms with E-state index in [1.54, 1.807) is 4.90 Å². The predicted octanol–water partition coefficient (Wildman–Crippen LogP) is -0.295. The number of carbonyl (C=O) groups excluding carboxylic acids is 2. The molecule has 0 aliphatic carbocycles. The van der Waals surface area contributed by atoms with Crippen molar-refractivity contribution < 1.29 is 14.7 Å². The van der Waals surface area contributed by atoms with Gasteiger partial charge in [0.25, 0.3) is 0 Å². The third-order valence-corrected chi connectivity index (χ3v) is 2.94. The van der Waals surface area contributed by atoms with Crippen molar-refractivity contribution in [3.05, 3.63) is 0 Å². The summed E-state index contributed by atoms with van der Waals surface area (Å²) in [5.74, 6) is -0.437. The molecule has 2 amide bonds. The van der Waals surface area contributed by atoms with Crippen molar-refractivity contribution in [2.24, 2.45) is 11.7 Å². The molecule has 19 heavy (non-hydrogen) atoms. The number of nitrogens with one attached hydrogen (secondary N) is 1. The zero-order chi connectivity index (χ0) is 15.0. The molecule has 0 rings (SSSR count). The second-order valence-corrected chi connectivity index (χ2v) is 5.25. The maximum atomic E-state index is 12.0. The molecule has 0 aromatic rings. The van der Waals surface area contributed by atoms with Crippen LogP contribution in [0, 0.1) is 5.92 Å². The van der Waals surface area contributed by atoms with Gasteiger partial charge in [0.1, 0.15) is 0 Å². The molecular weight excluding hydrogens is 246 g/mol. The minimum atomic E-state index is -0.599. The average Bonchev–Trinajstić information content (AvgIpc) is 2.34. The van der Waals surface area contributed by atoms with Crippen LogP contribution in [0.25, 0.3) is 0 Å². The number of nitrogens with two attached hydrogens (primary N) is 1. The molecule has 0 heterocycles. The Morgan fingerprint density at radius 1 is 1.26 bits per heavy atom. The minimum absolute atomic E-state index is 0.0330. The molecule has 0 bridgehead atoms. The van der Waals surface area contributed by atoms with Crippen LogP contribution in [0.1, 0.15) is 34.1 Å². The lowest BCUT2D eigenvalue weighted by atomic mass is 10.1. The van der Waals surface area contributed by atoms with E-state index in [1.165, 1.54) is 0 Å². The summed E-state index contributed by atoms with van der Waals surface area (Å²) >= 11 is 0. The Kier molecular flexibility index (Phi) is 8.34. The number of rotatable bonds is 8. The van der Waals surface area contributed by atoms with E-state index < -0.39 is 6.04 Å². The third-order valence-electron chi connectivity index (χ3n) is 2.94. The van der Waals surface area contributed by atoms with Crippen LogP contribution in [0.5, 0.6) is 0 Å². The molecule has 0 saturated heterocycles. The van der Waals surface area contributed by atoms with Crippen LogP contribution in [-0.2, 0) is 9.59 Å². The number of carbonyl (C=O) groups is 2. The molecule has 6 nitrogen and oxygen atoms in total. The van der Waals surface area contributed by atoms with Gasteiger partial charge in [0, 0.05) is 19.2 Å². The first-order chi connectivity index (χ1) is 8.81. The highest BCUT2D eigenvalue weighted by molar-refractivity contribution is 5.87. The standard InChI is InChI=1S/C13H27N3O3/c1-9(2)12(14)13(19)15-8-11(18)16(10(3)4)6-5-7-17/h9-10,12,17H,5-8,14H2,1-4H3,(H,15,19)/t12-/m0/s1. The molecule has 1 atom stereocenters. The second kappa shape index (κ2) is 8.87. The number of aliphatic hydroxyl groups is 1. The van der Waals surface area contributed by atoms with Gasteiger partial charge in [0.05, 0.1) is 12.6 Å². The Hall–Kier alpha value is -1.14. The molecule has 0 radical (unpaired) electrons. The molecule has 0 aromatic carbocycles. The molecule has 0 aromatic heterocycles. The smallest absolute Gasteiger partial charge is 0.242 e. The van der Waals surface area contributed by atoms with Crippen molar-refractivity contribution >= 4 is 11.8 Å². The van der Waals surface area contributed by atoms with Crippen LogP contribution < -0.4 is 11.1 Å². The first-order valence-electron chi connectivity index (χ1n) is 6.74. The number of aliphatic hydroxyl groups excluding tert-OH is 1. The van der Waals surface area contributed by atoms with E-state index in [-0.39, 0.29) is 36.9 Å². The lowest BCUT2D eigenvalue weighted by molar-refractivity contribution is -0.134. The second-order valence-electron chi connectivity index (χ2n) is 5.25. The summed E-state index contributed by atoms with van der Waals surface area (Å²) in [6, 6.07) is -0.563. The summed E-state index contributed by atoms with van der Waals surface area (Å²) in [6.45, 7) is 7.98. The lowest BCUT2D eigenvalue weighted by Gasteiger charge is -2.27. The van der Waals surface area contributed by atoms with Gasteiger partial charge in [-0.3, -0.25) is 9.59 Å². The highest BCUT2D eigenvalue weighted by Crippen LogP contribution is 2.01. The monoisotopic (exact) mass is 273 g/mol. The van der Waals surface area contributed by atoms with Crippen LogP contribution in [0.4, 0.5) is 0 Å². The highest BCUT2D eigenvalue weighted by atomic mass is 16.3. The Balaban J connectivity index is 4.30. The molecule has 0 saturated carbocycles. The van der Waals surface area contributed by atoms with Gasteiger partial charge in [-0.25, -0.2) is 0 Å². The van der Waals surface area contributed by atoms with Gasteiger partial charge in [-0.2, -0.15) is 0 Å². The Labute approximate surface area is 115 Å². The third kappa shape index (κ3) is 6.54. The van der Waals surface area contributed by atoms with E-state index in [2.05, 4.69) is 5.32 Å². The number of amides is 2. The zero-order valence-electron chi connectivity index (χ0n) is 12.3. The van der Waals surface area contributed by atoms with Crippen molar-refractivity contribution in [1.82, 2.24) is 10.2 Å². The van der Waals surface area contributed by atoms with E-state index in [9.17, 15) is 9.59 Å². The predicted molar refractivity (Wildman–Crippen MR) is 74.4 cm³/mol. The summed E-state index contributed by atoms with van der Waals surface area (Å²) < 4.78 is 0.